The Balaban J connectivity index is 1.50. The zero-order valence-corrected chi connectivity index (χ0v) is 17.0. The molecule has 29 heavy (non-hydrogen) atoms. The maximum Gasteiger partial charge on any atom is 0.283 e. The van der Waals surface area contributed by atoms with Crippen LogP contribution in [-0.2, 0) is 11.2 Å². The van der Waals surface area contributed by atoms with Crippen molar-refractivity contribution in [2.75, 3.05) is 25.0 Å². The number of likely N-dealkylation sites (tertiary alicyclic amines) is 1. The van der Waals surface area contributed by atoms with Crippen LogP contribution in [0.5, 0.6) is 0 Å². The van der Waals surface area contributed by atoms with Crippen molar-refractivity contribution in [3.8, 4) is 0 Å². The number of nitrogens with two attached hydrogens (primary N) is 1. The Morgan fingerprint density at radius 2 is 1.93 bits per heavy atom. The molecule has 2 aromatic rings. The van der Waals surface area contributed by atoms with Gasteiger partial charge in [-0.25, -0.2) is 0 Å². The van der Waals surface area contributed by atoms with Crippen LogP contribution in [0.2, 0.25) is 0 Å². The van der Waals surface area contributed by atoms with Crippen LogP contribution in [0.3, 0.4) is 0 Å². The number of carbonyl (C=O) groups is 2. The minimum Gasteiger partial charge on any atom is -0.369 e. The first kappa shape index (κ1) is 20.9. The van der Waals surface area contributed by atoms with E-state index in [0.29, 0.717) is 15.4 Å². The van der Waals surface area contributed by atoms with Gasteiger partial charge in [0.05, 0.1) is 14.7 Å². The molecule has 0 unspecified atom stereocenters. The van der Waals surface area contributed by atoms with Crippen LogP contribution in [0, 0.1) is 23.0 Å². The summed E-state index contributed by atoms with van der Waals surface area (Å²) in [5.41, 5.74) is 7.14. The molecule has 8 nitrogen and oxygen atoms in total. The Labute approximate surface area is 172 Å². The van der Waals surface area contributed by atoms with Crippen LogP contribution in [0.4, 0.5) is 11.4 Å². The molecule has 3 N–H and O–H groups in total. The summed E-state index contributed by atoms with van der Waals surface area (Å²) in [7, 11) is 0. The fourth-order valence-electron chi connectivity index (χ4n) is 3.44. The van der Waals surface area contributed by atoms with Gasteiger partial charge < -0.3 is 16.0 Å². The summed E-state index contributed by atoms with van der Waals surface area (Å²) in [5.74, 6) is -0.548. The number of primary amides is 1. The summed E-state index contributed by atoms with van der Waals surface area (Å²) in [6, 6.07) is 8.91. The maximum atomic E-state index is 12.3. The standard InChI is InChI=1S/C20H24N4O4S/c1-13-17(24(27)28)12-18(29-13)20(26)22-16-4-2-14(3-5-16)6-9-23-10-7-15(8-11-23)19(21)25/h2-5,12,15H,6-11H2,1H3,(H2,21,25)(H,22,26). The minimum absolute atomic E-state index is 0.00251. The average molecular weight is 417 g/mol. The van der Waals surface area contributed by atoms with Gasteiger partial charge in [0.2, 0.25) is 5.91 Å². The molecule has 9 heteroatoms. The predicted molar refractivity (Wildman–Crippen MR) is 112 cm³/mol. The van der Waals surface area contributed by atoms with Crippen molar-refractivity contribution in [2.45, 2.75) is 26.2 Å². The van der Waals surface area contributed by atoms with Crippen LogP contribution in [0.15, 0.2) is 30.3 Å². The molecule has 1 aromatic carbocycles. The number of amides is 2. The second-order valence-electron chi connectivity index (χ2n) is 7.23. The van der Waals surface area contributed by atoms with Gasteiger partial charge in [-0.3, -0.25) is 19.7 Å². The zero-order valence-electron chi connectivity index (χ0n) is 16.2. The molecule has 2 amide bonds. The lowest BCUT2D eigenvalue weighted by atomic mass is 9.96. The highest BCUT2D eigenvalue weighted by atomic mass is 32.1. The fourth-order valence-corrected chi connectivity index (χ4v) is 4.32. The van der Waals surface area contributed by atoms with E-state index < -0.39 is 4.92 Å². The molecule has 1 fully saturated rings. The number of aryl methyl sites for hydroxylation is 1. The molecule has 1 aromatic heterocycles. The van der Waals surface area contributed by atoms with Gasteiger partial charge in [-0.2, -0.15) is 0 Å². The number of nitro groups is 1. The van der Waals surface area contributed by atoms with Crippen molar-refractivity contribution in [1.29, 1.82) is 0 Å². The van der Waals surface area contributed by atoms with Crippen molar-refractivity contribution < 1.29 is 14.5 Å². The van der Waals surface area contributed by atoms with Crippen LogP contribution >= 0.6 is 11.3 Å². The molecule has 0 atom stereocenters. The highest BCUT2D eigenvalue weighted by Crippen LogP contribution is 2.28. The van der Waals surface area contributed by atoms with Crippen molar-refractivity contribution in [3.63, 3.8) is 0 Å². The van der Waals surface area contributed by atoms with Crippen molar-refractivity contribution in [1.82, 2.24) is 4.90 Å². The molecule has 1 saturated heterocycles. The Morgan fingerprint density at radius 3 is 2.48 bits per heavy atom. The zero-order chi connectivity index (χ0) is 21.0. The van der Waals surface area contributed by atoms with Crippen molar-refractivity contribution in [2.24, 2.45) is 11.7 Å². The lowest BCUT2D eigenvalue weighted by molar-refractivity contribution is -0.385. The first-order valence-electron chi connectivity index (χ1n) is 9.50. The van der Waals surface area contributed by atoms with E-state index in [1.165, 1.54) is 6.07 Å². The number of nitrogens with one attached hydrogen (secondary N) is 1. The summed E-state index contributed by atoms with van der Waals surface area (Å²) in [5, 5.41) is 13.7. The number of hydrogen-bond acceptors (Lipinski definition) is 6. The van der Waals surface area contributed by atoms with Gasteiger partial charge in [-0.05, 0) is 57.0 Å². The molecule has 154 valence electrons. The number of piperidine rings is 1. The topological polar surface area (TPSA) is 119 Å². The van der Waals surface area contributed by atoms with Crippen LogP contribution in [0.1, 0.15) is 33.0 Å². The summed E-state index contributed by atoms with van der Waals surface area (Å²) in [6.45, 7) is 4.31. The Morgan fingerprint density at radius 1 is 1.28 bits per heavy atom. The smallest absolute Gasteiger partial charge is 0.283 e. The van der Waals surface area contributed by atoms with Gasteiger partial charge in [0.1, 0.15) is 0 Å². The Hall–Kier alpha value is -2.78. The Kier molecular flexibility index (Phi) is 6.60. The summed E-state index contributed by atoms with van der Waals surface area (Å²) >= 11 is 1.11. The number of carbonyl (C=O) groups excluding carboxylic acids is 2. The molecule has 0 spiro atoms. The van der Waals surface area contributed by atoms with Gasteiger partial charge in [0.25, 0.3) is 11.6 Å². The van der Waals surface area contributed by atoms with E-state index in [-0.39, 0.29) is 23.4 Å². The van der Waals surface area contributed by atoms with Crippen LogP contribution in [0.25, 0.3) is 0 Å². The third-order valence-corrected chi connectivity index (χ3v) is 6.27. The molecule has 0 radical (unpaired) electrons. The normalized spacial score (nSPS) is 15.2. The van der Waals surface area contributed by atoms with Crippen LogP contribution in [-0.4, -0.2) is 41.3 Å². The summed E-state index contributed by atoms with van der Waals surface area (Å²) in [6.07, 6.45) is 2.52. The van der Waals surface area contributed by atoms with Gasteiger partial charge in [-0.15, -0.1) is 11.3 Å². The number of rotatable bonds is 7. The van der Waals surface area contributed by atoms with E-state index >= 15 is 0 Å². The molecular formula is C20H24N4O4S. The van der Waals surface area contributed by atoms with Crippen LogP contribution < -0.4 is 11.1 Å². The Bertz CT molecular complexity index is 902. The van der Waals surface area contributed by atoms with Gasteiger partial charge in [-0.1, -0.05) is 12.1 Å². The molecule has 3 rings (SSSR count). The minimum atomic E-state index is -0.478. The van der Waals surface area contributed by atoms with Gasteiger partial charge in [0, 0.05) is 24.2 Å². The number of nitrogens with zero attached hydrogens (tertiary/aromatic N) is 2. The molecule has 0 aliphatic carbocycles. The van der Waals surface area contributed by atoms with Gasteiger partial charge in [0.15, 0.2) is 0 Å². The largest absolute Gasteiger partial charge is 0.369 e. The molecule has 1 aliphatic rings. The third-order valence-electron chi connectivity index (χ3n) is 5.23. The first-order chi connectivity index (χ1) is 13.8. The molecular weight excluding hydrogens is 392 g/mol. The van der Waals surface area contributed by atoms with E-state index in [4.69, 9.17) is 5.73 Å². The molecule has 0 saturated carbocycles. The second kappa shape index (κ2) is 9.15. The lowest BCUT2D eigenvalue weighted by Gasteiger charge is -2.30. The summed E-state index contributed by atoms with van der Waals surface area (Å²) < 4.78 is 0. The van der Waals surface area contributed by atoms with Crippen molar-refractivity contribution in [3.05, 3.63) is 55.8 Å². The fraction of sp³-hybridized carbons (Fsp3) is 0.400. The highest BCUT2D eigenvalue weighted by Gasteiger charge is 2.23. The molecule has 1 aliphatic heterocycles. The highest BCUT2D eigenvalue weighted by molar-refractivity contribution is 7.14. The monoisotopic (exact) mass is 416 g/mol. The van der Waals surface area contributed by atoms with Gasteiger partial charge >= 0.3 is 0 Å². The van der Waals surface area contributed by atoms with E-state index in [9.17, 15) is 19.7 Å². The van der Waals surface area contributed by atoms with E-state index in [1.807, 2.05) is 24.3 Å². The van der Waals surface area contributed by atoms with E-state index in [2.05, 4.69) is 10.2 Å². The molecule has 0 bridgehead atoms. The number of anilines is 1. The maximum absolute atomic E-state index is 12.3. The van der Waals surface area contributed by atoms with E-state index in [0.717, 1.165) is 55.8 Å². The van der Waals surface area contributed by atoms with Crippen molar-refractivity contribution >= 4 is 34.5 Å². The van der Waals surface area contributed by atoms with E-state index in [1.54, 1.807) is 6.92 Å². The SMILES string of the molecule is Cc1sc(C(=O)Nc2ccc(CCN3CCC(C(N)=O)CC3)cc2)cc1[N+](=O)[O-]. The number of thiophene rings is 1. The first-order valence-corrected chi connectivity index (χ1v) is 10.3. The molecule has 2 heterocycles. The quantitative estimate of drug-likeness (QED) is 0.531. The lowest BCUT2D eigenvalue weighted by Crippen LogP contribution is -2.39. The third kappa shape index (κ3) is 5.39. The average Bonchev–Trinajstić information content (AvgIpc) is 3.10. The number of hydrogen-bond donors (Lipinski definition) is 2. The second-order valence-corrected chi connectivity index (χ2v) is 8.48. The number of benzene rings is 1. The summed E-state index contributed by atoms with van der Waals surface area (Å²) in [4.78, 5) is 37.2. The predicted octanol–water partition coefficient (Wildman–Crippen LogP) is 2.96.